The Labute approximate surface area is 121 Å². The van der Waals surface area contributed by atoms with Gasteiger partial charge in [0.05, 0.1) is 5.60 Å². The van der Waals surface area contributed by atoms with Crippen molar-refractivity contribution in [3.63, 3.8) is 0 Å². The second kappa shape index (κ2) is 6.38. The third-order valence-electron chi connectivity index (χ3n) is 3.98. The molecule has 0 spiro atoms. The second-order valence-corrected chi connectivity index (χ2v) is 7.57. The van der Waals surface area contributed by atoms with Gasteiger partial charge in [-0.25, -0.2) is 0 Å². The number of hydrogen-bond acceptors (Lipinski definition) is 3. The molecule has 0 bridgehead atoms. The molecule has 1 saturated heterocycles. The lowest BCUT2D eigenvalue weighted by atomic mass is 9.87. The SMILES string of the molecule is CCc1ccc(CC2(O)CCN(CC(C)C)CC2)s1. The Balaban J connectivity index is 1.87. The molecule has 1 aliphatic rings. The van der Waals surface area contributed by atoms with Gasteiger partial charge in [-0.3, -0.25) is 0 Å². The van der Waals surface area contributed by atoms with E-state index in [9.17, 15) is 5.11 Å². The average Bonchev–Trinajstić information content (AvgIpc) is 2.79. The van der Waals surface area contributed by atoms with E-state index in [1.165, 1.54) is 9.75 Å². The molecule has 0 aliphatic carbocycles. The van der Waals surface area contributed by atoms with E-state index >= 15 is 0 Å². The van der Waals surface area contributed by atoms with Crippen LogP contribution >= 0.6 is 11.3 Å². The number of thiophene rings is 1. The monoisotopic (exact) mass is 281 g/mol. The Hall–Kier alpha value is -0.380. The molecule has 2 rings (SSSR count). The van der Waals surface area contributed by atoms with Crippen LogP contribution in [0.3, 0.4) is 0 Å². The Morgan fingerprint density at radius 1 is 1.26 bits per heavy atom. The Morgan fingerprint density at radius 3 is 2.42 bits per heavy atom. The summed E-state index contributed by atoms with van der Waals surface area (Å²) in [5.41, 5.74) is -0.469. The first-order valence-corrected chi connectivity index (χ1v) is 8.35. The molecule has 0 amide bonds. The fraction of sp³-hybridized carbons (Fsp3) is 0.750. The van der Waals surface area contributed by atoms with Gasteiger partial charge in [-0.05, 0) is 37.3 Å². The van der Waals surface area contributed by atoms with Crippen molar-refractivity contribution in [1.82, 2.24) is 4.90 Å². The Morgan fingerprint density at radius 2 is 1.89 bits per heavy atom. The maximum absolute atomic E-state index is 10.7. The van der Waals surface area contributed by atoms with E-state index in [4.69, 9.17) is 0 Å². The second-order valence-electron chi connectivity index (χ2n) is 6.32. The van der Waals surface area contributed by atoms with Gasteiger partial charge in [0.1, 0.15) is 0 Å². The lowest BCUT2D eigenvalue weighted by molar-refractivity contribution is -0.0221. The highest BCUT2D eigenvalue weighted by Crippen LogP contribution is 2.29. The third kappa shape index (κ3) is 4.30. The van der Waals surface area contributed by atoms with E-state index in [1.807, 2.05) is 11.3 Å². The van der Waals surface area contributed by atoms with Crippen LogP contribution in [0.1, 0.15) is 43.4 Å². The van der Waals surface area contributed by atoms with Gasteiger partial charge in [0.2, 0.25) is 0 Å². The number of rotatable bonds is 5. The summed E-state index contributed by atoms with van der Waals surface area (Å²) in [6, 6.07) is 4.40. The van der Waals surface area contributed by atoms with Crippen LogP contribution in [0, 0.1) is 5.92 Å². The zero-order valence-electron chi connectivity index (χ0n) is 12.5. The number of likely N-dealkylation sites (tertiary alicyclic amines) is 1. The molecule has 3 heteroatoms. The van der Waals surface area contributed by atoms with Gasteiger partial charge in [-0.2, -0.15) is 0 Å². The van der Waals surface area contributed by atoms with Crippen molar-refractivity contribution >= 4 is 11.3 Å². The van der Waals surface area contributed by atoms with Crippen molar-refractivity contribution < 1.29 is 5.11 Å². The molecule has 0 saturated carbocycles. The molecule has 1 N–H and O–H groups in total. The summed E-state index contributed by atoms with van der Waals surface area (Å²) in [7, 11) is 0. The summed E-state index contributed by atoms with van der Waals surface area (Å²) < 4.78 is 0. The van der Waals surface area contributed by atoms with Crippen LogP contribution in [-0.2, 0) is 12.8 Å². The number of hydrogen-bond donors (Lipinski definition) is 1. The van der Waals surface area contributed by atoms with Crippen LogP contribution < -0.4 is 0 Å². The van der Waals surface area contributed by atoms with Crippen LogP contribution in [-0.4, -0.2) is 35.2 Å². The zero-order chi connectivity index (χ0) is 13.9. The van der Waals surface area contributed by atoms with E-state index < -0.39 is 5.60 Å². The summed E-state index contributed by atoms with van der Waals surface area (Å²) in [6.07, 6.45) is 3.77. The largest absolute Gasteiger partial charge is 0.389 e. The molecule has 1 aliphatic heterocycles. The number of aliphatic hydroxyl groups is 1. The molecule has 0 atom stereocenters. The van der Waals surface area contributed by atoms with Gasteiger partial charge < -0.3 is 10.0 Å². The predicted molar refractivity (Wildman–Crippen MR) is 82.9 cm³/mol. The zero-order valence-corrected chi connectivity index (χ0v) is 13.3. The predicted octanol–water partition coefficient (Wildman–Crippen LogP) is 3.34. The number of aryl methyl sites for hydroxylation is 1. The van der Waals surface area contributed by atoms with Crippen LogP contribution in [0.5, 0.6) is 0 Å². The lowest BCUT2D eigenvalue weighted by Crippen LogP contribution is -2.46. The first-order chi connectivity index (χ1) is 9.00. The van der Waals surface area contributed by atoms with E-state index in [0.29, 0.717) is 0 Å². The molecule has 19 heavy (non-hydrogen) atoms. The first-order valence-electron chi connectivity index (χ1n) is 7.53. The molecule has 1 fully saturated rings. The molecule has 2 nitrogen and oxygen atoms in total. The van der Waals surface area contributed by atoms with E-state index in [0.717, 1.165) is 51.2 Å². The first kappa shape index (κ1) is 15.0. The molecule has 0 aromatic carbocycles. The quantitative estimate of drug-likeness (QED) is 0.895. The average molecular weight is 281 g/mol. The summed E-state index contributed by atoms with van der Waals surface area (Å²) in [4.78, 5) is 5.26. The smallest absolute Gasteiger partial charge is 0.0720 e. The van der Waals surface area contributed by atoms with Crippen molar-refractivity contribution in [2.75, 3.05) is 19.6 Å². The minimum Gasteiger partial charge on any atom is -0.389 e. The van der Waals surface area contributed by atoms with Crippen LogP contribution in [0.4, 0.5) is 0 Å². The van der Waals surface area contributed by atoms with Crippen molar-refractivity contribution in [2.45, 2.75) is 52.1 Å². The standard InChI is InChI=1S/C16H27NOS/c1-4-14-5-6-15(19-14)11-16(18)7-9-17(10-8-16)12-13(2)3/h5-6,13,18H,4,7-12H2,1-3H3. The van der Waals surface area contributed by atoms with Crippen molar-refractivity contribution in [2.24, 2.45) is 5.92 Å². The molecule has 1 aromatic heterocycles. The van der Waals surface area contributed by atoms with Crippen LogP contribution in [0.15, 0.2) is 12.1 Å². The molecular weight excluding hydrogens is 254 g/mol. The maximum Gasteiger partial charge on any atom is 0.0720 e. The van der Waals surface area contributed by atoms with Gasteiger partial charge >= 0.3 is 0 Å². The number of nitrogens with zero attached hydrogens (tertiary/aromatic N) is 1. The van der Waals surface area contributed by atoms with Gasteiger partial charge in [0.15, 0.2) is 0 Å². The molecular formula is C16H27NOS. The van der Waals surface area contributed by atoms with Gasteiger partial charge in [0, 0.05) is 35.8 Å². The van der Waals surface area contributed by atoms with Crippen LogP contribution in [0.25, 0.3) is 0 Å². The highest BCUT2D eigenvalue weighted by atomic mass is 32.1. The minimum absolute atomic E-state index is 0.469. The Kier molecular flexibility index (Phi) is 5.04. The fourth-order valence-electron chi connectivity index (χ4n) is 2.88. The van der Waals surface area contributed by atoms with Gasteiger partial charge in [0.25, 0.3) is 0 Å². The summed E-state index contributed by atoms with van der Waals surface area (Å²) >= 11 is 1.86. The van der Waals surface area contributed by atoms with Crippen molar-refractivity contribution in [3.8, 4) is 0 Å². The molecule has 0 unspecified atom stereocenters. The van der Waals surface area contributed by atoms with E-state index in [2.05, 4.69) is 37.8 Å². The summed E-state index contributed by atoms with van der Waals surface area (Å²) in [6.45, 7) is 9.96. The van der Waals surface area contributed by atoms with Gasteiger partial charge in [-0.15, -0.1) is 11.3 Å². The maximum atomic E-state index is 10.7. The normalized spacial score (nSPS) is 20.1. The molecule has 108 valence electrons. The third-order valence-corrected chi connectivity index (χ3v) is 5.21. The lowest BCUT2D eigenvalue weighted by Gasteiger charge is -2.38. The van der Waals surface area contributed by atoms with Crippen LogP contribution in [0.2, 0.25) is 0 Å². The summed E-state index contributed by atoms with van der Waals surface area (Å²) in [5.74, 6) is 0.718. The minimum atomic E-state index is -0.469. The fourth-order valence-corrected chi connectivity index (χ4v) is 3.97. The highest BCUT2D eigenvalue weighted by Gasteiger charge is 2.32. The molecule has 1 aromatic rings. The molecule has 0 radical (unpaired) electrons. The summed E-state index contributed by atoms with van der Waals surface area (Å²) in [5, 5.41) is 10.7. The van der Waals surface area contributed by atoms with E-state index in [-0.39, 0.29) is 0 Å². The van der Waals surface area contributed by atoms with Gasteiger partial charge in [-0.1, -0.05) is 20.8 Å². The highest BCUT2D eigenvalue weighted by molar-refractivity contribution is 7.12. The topological polar surface area (TPSA) is 23.5 Å². The van der Waals surface area contributed by atoms with Crippen molar-refractivity contribution in [3.05, 3.63) is 21.9 Å². The Bertz CT molecular complexity index is 391. The number of piperidine rings is 1. The van der Waals surface area contributed by atoms with E-state index in [1.54, 1.807) is 0 Å². The molecule has 2 heterocycles. The van der Waals surface area contributed by atoms with Crippen molar-refractivity contribution in [1.29, 1.82) is 0 Å².